The number of aromatic amines is 1. The summed E-state index contributed by atoms with van der Waals surface area (Å²) >= 11 is 3.43. The summed E-state index contributed by atoms with van der Waals surface area (Å²) in [4.78, 5) is 82.9. The maximum Gasteiger partial charge on any atom is 1.00 e. The zero-order valence-corrected chi connectivity index (χ0v) is 83.8. The average molecular weight is 1960 g/mol. The van der Waals surface area contributed by atoms with Crippen LogP contribution in [-0.4, -0.2) is 211 Å². The molecular weight excluding hydrogens is 1840 g/mol. The second kappa shape index (κ2) is 51.6. The number of aryl methyl sites for hydroxylation is 4. The first-order chi connectivity index (χ1) is 62.0. The Labute approximate surface area is 826 Å². The Morgan fingerprint density at radius 1 is 0.639 bits per heavy atom. The minimum atomic E-state index is -0.632. The van der Waals surface area contributed by atoms with E-state index < -0.39 is 47.6 Å². The molecule has 14 rings (SSSR count). The Balaban J connectivity index is 0.000000252. The minimum Gasteiger partial charge on any atom is -0.701 e. The van der Waals surface area contributed by atoms with Crippen molar-refractivity contribution in [3.63, 3.8) is 0 Å². The van der Waals surface area contributed by atoms with Gasteiger partial charge in [0.2, 0.25) is 6.08 Å². The Morgan fingerprint density at radius 2 is 1.11 bits per heavy atom. The van der Waals surface area contributed by atoms with E-state index >= 15 is 0 Å². The fourth-order valence-corrected chi connectivity index (χ4v) is 13.5. The van der Waals surface area contributed by atoms with Crippen LogP contribution in [-0.2, 0) is 88.1 Å². The second-order valence-corrected chi connectivity index (χ2v) is 34.1. The molecule has 5 amide bonds. The number of carbonyl (C=O) groups excluding carboxylic acids is 5. The number of halogens is 6. The Morgan fingerprint density at radius 3 is 1.56 bits per heavy atom. The third-order valence-electron chi connectivity index (χ3n) is 19.9. The van der Waals surface area contributed by atoms with Gasteiger partial charge in [0.05, 0.1) is 91.3 Å². The van der Waals surface area contributed by atoms with Gasteiger partial charge in [-0.05, 0) is 216 Å². The number of methoxy groups -OCH3 is 5. The molecular formula is C90H117BrClF4KN22O14. The summed E-state index contributed by atoms with van der Waals surface area (Å²) in [7, 11) is 7.61. The molecule has 133 heavy (non-hydrogen) atoms. The fourth-order valence-electron chi connectivity index (χ4n) is 13.2. The van der Waals surface area contributed by atoms with Gasteiger partial charge in [-0.1, -0.05) is 15.9 Å². The Bertz CT molecular complexity index is 5780. The van der Waals surface area contributed by atoms with E-state index in [9.17, 15) is 46.3 Å². The third-order valence-corrected chi connectivity index (χ3v) is 20.4. The number of hydrazine groups is 1. The van der Waals surface area contributed by atoms with Gasteiger partial charge in [0.25, 0.3) is 0 Å². The van der Waals surface area contributed by atoms with Crippen LogP contribution in [0.2, 0.25) is 0 Å². The standard InChI is InChI=1S/C23H32FN5O5.C21H24FN5O3.C18H23FN4O2.C10H11BrN2O.C7H9FN2.C6H8N3.C5H9NO3.ClH.K/c1-14-11-15(7-8-17(14)24)29-20(26-21(30)25-12-19(32-5)33-6)16-13-28(10-9-18(16)27-29)22(31)34-23(2,3)4;1-13-11-14(5-6-16(13)22)27-18(26-10-8-23-19(26)28)15-12-25(9-7-17(15)24-27)20(29)30-21(2,3)4;1-11-9-12(5-6-14(11)19)23-16(20)13-10-22(8-7-15(13)21-23)17(24)25-18(2,3)4;1-14-5-4-13-10-3-2-9(11)6-8(10)7-12-13;1-5-4-6(10-9)2-3-7(5)8;7-3-5-4-9-2-1-6(5)8;1-8-5(9-2)3-6-4-7;;/h7-8,11,19H,9-10,12-13H2,1-6H3,(H2,25,26,30);5-6,8,10-11H,7,9,12H2,1-4H3,(H,23,28);5-6,9H,7-8,10,20H2,1-4H3;2-3,6-7H,4-5H2,1H3;2-4,10H,9H2,1H3;8-9H,1-2,4H2;5H,3H2,1-2H3;1H;/q;;;;;-1;;;+1. The van der Waals surface area contributed by atoms with Gasteiger partial charge in [0.15, 0.2) is 12.6 Å². The number of nitrogens with two attached hydrogens (primary N) is 2. The van der Waals surface area contributed by atoms with Crippen molar-refractivity contribution in [1.82, 2.24) is 74.0 Å². The van der Waals surface area contributed by atoms with Gasteiger partial charge >= 0.3 is 81.4 Å². The third kappa shape index (κ3) is 32.2. The number of imidazole rings is 1. The minimum absolute atomic E-state index is 0. The number of ether oxygens (including phenoxy) is 8. The zero-order valence-electron chi connectivity index (χ0n) is 78.3. The van der Waals surface area contributed by atoms with E-state index in [0.29, 0.717) is 139 Å². The molecule has 9 heterocycles. The molecule has 0 fully saturated rings. The molecule has 0 spiro atoms. The SMILES string of the molecule is COC(CN=C=O)OC.COC(CNC(=O)Nc1c2c(nn1-c1ccc(F)c(C)c1)CCN(C(=O)OC(C)(C)C)C2)OC.COCCn1ncc2cc(Br)ccc21.Cc1cc(-n2nc3c(c2-n2cc[nH]c2=O)CN(C(=O)OC(C)(C)C)CC3)ccc1F.Cc1cc(-n2nc3c(c2N)CN(C(=O)OC(C)(C)C)CC3)ccc1F.Cc1cc(NN)ccc1F.Cl.N#CC1=C([NH-])CCNC1.[K+]. The molecule has 0 saturated heterocycles. The number of hydrogen-bond donors (Lipinski definition) is 7. The van der Waals surface area contributed by atoms with Crippen molar-refractivity contribution in [3.05, 3.63) is 221 Å². The number of amides is 5. The summed E-state index contributed by atoms with van der Waals surface area (Å²) in [5.74, 6) is 5.35. The number of benzene rings is 5. The molecule has 714 valence electrons. The van der Waals surface area contributed by atoms with Gasteiger partial charge in [-0.25, -0.2) is 65.4 Å². The topological polar surface area (TPSA) is 438 Å². The number of hydrogen-bond acceptors (Lipinski definition) is 24. The van der Waals surface area contributed by atoms with Crippen molar-refractivity contribution in [2.24, 2.45) is 10.8 Å². The van der Waals surface area contributed by atoms with E-state index in [0.717, 1.165) is 62.4 Å². The number of isocyanates is 1. The van der Waals surface area contributed by atoms with Gasteiger partial charge in [0.1, 0.15) is 64.1 Å². The number of aromatic nitrogens is 10. The largest absolute Gasteiger partial charge is 1.00 e. The van der Waals surface area contributed by atoms with Crippen LogP contribution >= 0.6 is 28.3 Å². The molecule has 10 aromatic rings. The number of aliphatic imine (C=N–C) groups is 1. The number of nitriles is 1. The van der Waals surface area contributed by atoms with E-state index in [-0.39, 0.29) is 125 Å². The van der Waals surface area contributed by atoms with Crippen molar-refractivity contribution in [2.45, 2.75) is 171 Å². The summed E-state index contributed by atoms with van der Waals surface area (Å²) in [6, 6.07) is 26.2. The molecule has 4 aliphatic heterocycles. The van der Waals surface area contributed by atoms with Crippen LogP contribution in [0.25, 0.3) is 39.5 Å². The monoisotopic (exact) mass is 1960 g/mol. The summed E-state index contributed by atoms with van der Waals surface area (Å²) in [5.41, 5.74) is 25.4. The quantitative estimate of drug-likeness (QED) is 0.00650. The zero-order chi connectivity index (χ0) is 96.4. The van der Waals surface area contributed by atoms with Crippen molar-refractivity contribution < 1.29 is 131 Å². The maximum atomic E-state index is 13.9. The summed E-state index contributed by atoms with van der Waals surface area (Å²) in [5, 5.41) is 36.3. The number of rotatable bonds is 17. The molecule has 0 bridgehead atoms. The van der Waals surface area contributed by atoms with E-state index in [4.69, 9.17) is 65.6 Å². The molecule has 0 aliphatic carbocycles. The first-order valence-electron chi connectivity index (χ1n) is 41.7. The van der Waals surface area contributed by atoms with Gasteiger partial charge in [-0.3, -0.25) is 20.4 Å². The van der Waals surface area contributed by atoms with Gasteiger partial charge in [-0.2, -0.15) is 25.7 Å². The Hall–Kier alpha value is -10.9. The van der Waals surface area contributed by atoms with E-state index in [1.807, 2.05) is 64.6 Å². The molecule has 5 aromatic heterocycles. The molecule has 4 aliphatic rings. The van der Waals surface area contributed by atoms with Gasteiger partial charge in [-0.15, -0.1) is 18.1 Å². The average Bonchev–Trinajstić information content (AvgIpc) is 1.84. The molecule has 36 nitrogen and oxygen atoms in total. The fraction of sp³-hybridized carbons (Fsp3) is 0.433. The molecule has 10 N–H and O–H groups in total. The van der Waals surface area contributed by atoms with E-state index in [1.165, 1.54) is 69.5 Å². The van der Waals surface area contributed by atoms with Crippen LogP contribution in [0.5, 0.6) is 0 Å². The number of nitrogens with one attached hydrogen (secondary N) is 6. The predicted octanol–water partition coefficient (Wildman–Crippen LogP) is 11.7. The van der Waals surface area contributed by atoms with E-state index in [2.05, 4.69) is 74.7 Å². The van der Waals surface area contributed by atoms with Crippen molar-refractivity contribution in [3.8, 4) is 28.9 Å². The molecule has 0 radical (unpaired) electrons. The first-order valence-corrected chi connectivity index (χ1v) is 42.5. The number of nitrogens with zero attached hydrogens (tertiary/aromatic N) is 14. The maximum absolute atomic E-state index is 13.9. The normalized spacial score (nSPS) is 13.1. The number of urea groups is 1. The molecule has 43 heteroatoms. The Kier molecular flexibility index (Phi) is 43.0. The first kappa shape index (κ1) is 111. The smallest absolute Gasteiger partial charge is 0.701 e. The van der Waals surface area contributed by atoms with E-state index in [1.54, 1.807) is 139 Å². The van der Waals surface area contributed by atoms with Gasteiger partial charge < -0.3 is 85.1 Å². The predicted molar refractivity (Wildman–Crippen MR) is 496 cm³/mol. The molecule has 5 aromatic carbocycles. The summed E-state index contributed by atoms with van der Waals surface area (Å²) < 4.78 is 104. The number of H-pyrrole nitrogens is 1. The number of nitrogen functional groups attached to an aromatic ring is 2. The number of anilines is 3. The van der Waals surface area contributed by atoms with Crippen LogP contribution < -0.4 is 90.0 Å². The van der Waals surface area contributed by atoms with Crippen molar-refractivity contribution in [1.29, 1.82) is 5.26 Å². The summed E-state index contributed by atoms with van der Waals surface area (Å²) in [6.45, 7) is 28.6. The van der Waals surface area contributed by atoms with Crippen molar-refractivity contribution >= 4 is 87.0 Å². The molecule has 0 unspecified atom stereocenters. The molecule has 0 atom stereocenters. The van der Waals surface area contributed by atoms with Crippen LogP contribution in [0.3, 0.4) is 0 Å². The van der Waals surface area contributed by atoms with Crippen molar-refractivity contribution in [2.75, 3.05) is 104 Å². The summed E-state index contributed by atoms with van der Waals surface area (Å²) in [6.07, 6.45) is 6.46. The van der Waals surface area contributed by atoms with Gasteiger partial charge in [0, 0.05) is 131 Å². The second-order valence-electron chi connectivity index (χ2n) is 33.2. The van der Waals surface area contributed by atoms with Crippen LogP contribution in [0, 0.1) is 62.3 Å². The molecule has 0 saturated carbocycles. The number of fused-ring (bicyclic) bond motifs is 4. The van der Waals surface area contributed by atoms with Crippen LogP contribution in [0.15, 0.2) is 135 Å². The number of carbonyl (C=O) groups is 4. The van der Waals surface area contributed by atoms with Crippen LogP contribution in [0.1, 0.15) is 125 Å². The van der Waals surface area contributed by atoms with Crippen LogP contribution in [0.4, 0.5) is 54.1 Å².